The number of hydrogen-bond acceptors (Lipinski definition) is 1. The minimum Gasteiger partial charge on any atom is -0.348 e. The molecule has 1 saturated carbocycles. The SMILES string of the molecule is CC1CCCC1C(=O)NC(CBr)c1ccccc1. The molecule has 0 spiro atoms. The fraction of sp³-hybridized carbons (Fsp3) is 0.533. The van der Waals surface area contributed by atoms with Crippen LogP contribution in [0.1, 0.15) is 37.8 Å². The first kappa shape index (κ1) is 13.6. The Balaban J connectivity index is 2.00. The lowest BCUT2D eigenvalue weighted by atomic mass is 9.96. The monoisotopic (exact) mass is 309 g/mol. The highest BCUT2D eigenvalue weighted by molar-refractivity contribution is 9.09. The zero-order chi connectivity index (χ0) is 13.0. The molecule has 2 nitrogen and oxygen atoms in total. The quantitative estimate of drug-likeness (QED) is 0.845. The van der Waals surface area contributed by atoms with E-state index in [9.17, 15) is 4.79 Å². The number of halogens is 1. The van der Waals surface area contributed by atoms with E-state index in [0.29, 0.717) is 5.92 Å². The normalized spacial score (nSPS) is 24.8. The topological polar surface area (TPSA) is 29.1 Å². The van der Waals surface area contributed by atoms with E-state index in [1.807, 2.05) is 18.2 Å². The Hall–Kier alpha value is -0.830. The Labute approximate surface area is 117 Å². The summed E-state index contributed by atoms with van der Waals surface area (Å²) in [6.45, 7) is 2.18. The fourth-order valence-corrected chi connectivity index (χ4v) is 3.25. The molecule has 1 fully saturated rings. The van der Waals surface area contributed by atoms with Crippen molar-refractivity contribution in [2.75, 3.05) is 5.33 Å². The van der Waals surface area contributed by atoms with E-state index in [4.69, 9.17) is 0 Å². The molecule has 2 rings (SSSR count). The summed E-state index contributed by atoms with van der Waals surface area (Å²) in [6.07, 6.45) is 3.41. The summed E-state index contributed by atoms with van der Waals surface area (Å²) in [6, 6.07) is 10.2. The Morgan fingerprint density at radius 2 is 2.11 bits per heavy atom. The third kappa shape index (κ3) is 3.14. The molecular formula is C15H20BrNO. The predicted octanol–water partition coefficient (Wildman–Crippen LogP) is 3.68. The first-order valence-corrected chi connectivity index (χ1v) is 7.75. The molecule has 3 atom stereocenters. The van der Waals surface area contributed by atoms with E-state index >= 15 is 0 Å². The van der Waals surface area contributed by atoms with E-state index in [2.05, 4.69) is 40.3 Å². The molecule has 1 aromatic rings. The molecule has 0 bridgehead atoms. The zero-order valence-electron chi connectivity index (χ0n) is 10.7. The maximum atomic E-state index is 12.3. The highest BCUT2D eigenvalue weighted by Gasteiger charge is 2.30. The number of carbonyl (C=O) groups excluding carboxylic acids is 1. The van der Waals surface area contributed by atoms with Gasteiger partial charge in [0.1, 0.15) is 0 Å². The molecule has 1 aliphatic carbocycles. The van der Waals surface area contributed by atoms with Crippen LogP contribution in [-0.4, -0.2) is 11.2 Å². The van der Waals surface area contributed by atoms with E-state index in [1.54, 1.807) is 0 Å². The van der Waals surface area contributed by atoms with Crippen LogP contribution in [0.2, 0.25) is 0 Å². The van der Waals surface area contributed by atoms with Crippen molar-refractivity contribution in [3.8, 4) is 0 Å². The molecule has 1 aromatic carbocycles. The van der Waals surface area contributed by atoms with E-state index in [1.165, 1.54) is 12.8 Å². The summed E-state index contributed by atoms with van der Waals surface area (Å²) >= 11 is 3.49. The van der Waals surface area contributed by atoms with Gasteiger partial charge in [-0.25, -0.2) is 0 Å². The minimum absolute atomic E-state index is 0.0755. The van der Waals surface area contributed by atoms with Crippen molar-refractivity contribution in [2.24, 2.45) is 11.8 Å². The second-order valence-corrected chi connectivity index (χ2v) is 5.79. The van der Waals surface area contributed by atoms with Crippen molar-refractivity contribution in [1.29, 1.82) is 0 Å². The van der Waals surface area contributed by atoms with Crippen LogP contribution in [0, 0.1) is 11.8 Å². The molecule has 3 unspecified atom stereocenters. The molecule has 0 radical (unpaired) electrons. The van der Waals surface area contributed by atoms with Crippen LogP contribution < -0.4 is 5.32 Å². The van der Waals surface area contributed by atoms with Gasteiger partial charge in [-0.3, -0.25) is 4.79 Å². The van der Waals surface area contributed by atoms with Crippen LogP contribution in [0.25, 0.3) is 0 Å². The molecule has 3 heteroatoms. The van der Waals surface area contributed by atoms with E-state index in [-0.39, 0.29) is 17.9 Å². The molecule has 98 valence electrons. The zero-order valence-corrected chi connectivity index (χ0v) is 12.3. The van der Waals surface area contributed by atoms with Crippen LogP contribution in [0.5, 0.6) is 0 Å². The summed E-state index contributed by atoms with van der Waals surface area (Å²) in [5, 5.41) is 3.92. The minimum atomic E-state index is 0.0755. The second-order valence-electron chi connectivity index (χ2n) is 5.14. The van der Waals surface area contributed by atoms with Gasteiger partial charge in [0.05, 0.1) is 6.04 Å². The highest BCUT2D eigenvalue weighted by Crippen LogP contribution is 2.31. The van der Waals surface area contributed by atoms with Crippen molar-refractivity contribution in [3.05, 3.63) is 35.9 Å². The Morgan fingerprint density at radius 1 is 1.39 bits per heavy atom. The average Bonchev–Trinajstić information content (AvgIpc) is 2.83. The van der Waals surface area contributed by atoms with E-state index < -0.39 is 0 Å². The van der Waals surface area contributed by atoms with Gasteiger partial charge in [0.2, 0.25) is 5.91 Å². The predicted molar refractivity (Wildman–Crippen MR) is 77.6 cm³/mol. The molecule has 0 heterocycles. The van der Waals surface area contributed by atoms with Gasteiger partial charge in [0.15, 0.2) is 0 Å². The lowest BCUT2D eigenvalue weighted by molar-refractivity contribution is -0.126. The summed E-state index contributed by atoms with van der Waals surface area (Å²) in [7, 11) is 0. The standard InChI is InChI=1S/C15H20BrNO/c1-11-6-5-9-13(11)15(18)17-14(10-16)12-7-3-2-4-8-12/h2-4,7-8,11,13-14H,5-6,9-10H2,1H3,(H,17,18). The molecule has 1 amide bonds. The third-order valence-corrected chi connectivity index (χ3v) is 4.52. The number of alkyl halides is 1. The smallest absolute Gasteiger partial charge is 0.223 e. The molecular weight excluding hydrogens is 290 g/mol. The number of hydrogen-bond donors (Lipinski definition) is 1. The first-order valence-electron chi connectivity index (χ1n) is 6.63. The summed E-state index contributed by atoms with van der Waals surface area (Å²) < 4.78 is 0. The van der Waals surface area contributed by atoms with Gasteiger partial charge >= 0.3 is 0 Å². The molecule has 1 N–H and O–H groups in total. The van der Waals surface area contributed by atoms with Crippen molar-refractivity contribution in [3.63, 3.8) is 0 Å². The molecule has 18 heavy (non-hydrogen) atoms. The number of rotatable bonds is 4. The van der Waals surface area contributed by atoms with Crippen LogP contribution in [0.3, 0.4) is 0 Å². The van der Waals surface area contributed by atoms with E-state index in [0.717, 1.165) is 17.3 Å². The van der Waals surface area contributed by atoms with Crippen LogP contribution in [-0.2, 0) is 4.79 Å². The Kier molecular flexibility index (Phi) is 4.81. The number of carbonyl (C=O) groups is 1. The van der Waals surface area contributed by atoms with Gasteiger partial charge in [0.25, 0.3) is 0 Å². The van der Waals surface area contributed by atoms with Crippen LogP contribution >= 0.6 is 15.9 Å². The Morgan fingerprint density at radius 3 is 2.67 bits per heavy atom. The fourth-order valence-electron chi connectivity index (χ4n) is 2.71. The molecule has 1 aliphatic rings. The van der Waals surface area contributed by atoms with Gasteiger partial charge in [-0.1, -0.05) is 59.6 Å². The Bertz CT molecular complexity index is 393. The van der Waals surface area contributed by atoms with Gasteiger partial charge in [0, 0.05) is 11.2 Å². The maximum Gasteiger partial charge on any atom is 0.223 e. The summed E-state index contributed by atoms with van der Waals surface area (Å²) in [4.78, 5) is 12.3. The van der Waals surface area contributed by atoms with Crippen molar-refractivity contribution in [1.82, 2.24) is 5.32 Å². The number of amides is 1. The lowest BCUT2D eigenvalue weighted by Gasteiger charge is -2.21. The summed E-state index contributed by atoms with van der Waals surface area (Å²) in [5.41, 5.74) is 1.16. The maximum absolute atomic E-state index is 12.3. The number of nitrogens with one attached hydrogen (secondary N) is 1. The average molecular weight is 310 g/mol. The van der Waals surface area contributed by atoms with Gasteiger partial charge < -0.3 is 5.32 Å². The molecule has 0 aliphatic heterocycles. The third-order valence-electron chi connectivity index (χ3n) is 3.87. The summed E-state index contributed by atoms with van der Waals surface area (Å²) in [5.74, 6) is 0.945. The van der Waals surface area contributed by atoms with Crippen LogP contribution in [0.15, 0.2) is 30.3 Å². The number of benzene rings is 1. The van der Waals surface area contributed by atoms with Gasteiger partial charge in [-0.15, -0.1) is 0 Å². The largest absolute Gasteiger partial charge is 0.348 e. The highest BCUT2D eigenvalue weighted by atomic mass is 79.9. The van der Waals surface area contributed by atoms with Crippen molar-refractivity contribution >= 4 is 21.8 Å². The van der Waals surface area contributed by atoms with Crippen molar-refractivity contribution in [2.45, 2.75) is 32.2 Å². The molecule has 0 aromatic heterocycles. The van der Waals surface area contributed by atoms with Crippen molar-refractivity contribution < 1.29 is 4.79 Å². The van der Waals surface area contributed by atoms with Gasteiger partial charge in [-0.05, 0) is 24.3 Å². The van der Waals surface area contributed by atoms with Crippen LogP contribution in [0.4, 0.5) is 0 Å². The molecule has 0 saturated heterocycles. The second kappa shape index (κ2) is 6.37. The first-order chi connectivity index (χ1) is 8.72. The lowest BCUT2D eigenvalue weighted by Crippen LogP contribution is -2.35. The van der Waals surface area contributed by atoms with Gasteiger partial charge in [-0.2, -0.15) is 0 Å².